The van der Waals surface area contributed by atoms with Crippen LogP contribution in [0.1, 0.15) is 18.2 Å². The molecule has 0 saturated heterocycles. The Balaban J connectivity index is 2.23. The number of benzene rings is 1. The zero-order valence-electron chi connectivity index (χ0n) is 9.90. The Morgan fingerprint density at radius 1 is 1.17 bits per heavy atom. The fraction of sp³-hybridized carbons (Fsp3) is 0.214. The Hall–Kier alpha value is -0.710. The number of aliphatic hydroxyl groups is 1. The third kappa shape index (κ3) is 3.40. The van der Waals surface area contributed by atoms with Crippen LogP contribution in [0, 0.1) is 0 Å². The van der Waals surface area contributed by atoms with Gasteiger partial charge in [0.25, 0.3) is 0 Å². The van der Waals surface area contributed by atoms with Crippen LogP contribution in [0.4, 0.5) is 0 Å². The van der Waals surface area contributed by atoms with Crippen molar-refractivity contribution in [3.63, 3.8) is 0 Å². The highest BCUT2D eigenvalue weighted by molar-refractivity contribution is 9.10. The first-order valence-corrected chi connectivity index (χ1v) is 7.15. The molecule has 1 N–H and O–H groups in total. The highest BCUT2D eigenvalue weighted by atomic mass is 79.9. The lowest BCUT2D eigenvalue weighted by Gasteiger charge is -2.23. The smallest absolute Gasteiger partial charge is 0.0924 e. The summed E-state index contributed by atoms with van der Waals surface area (Å²) in [7, 11) is 0. The van der Waals surface area contributed by atoms with Crippen LogP contribution < -0.4 is 0 Å². The van der Waals surface area contributed by atoms with Gasteiger partial charge in [0.15, 0.2) is 0 Å². The largest absolute Gasteiger partial charge is 0.385 e. The number of aromatic nitrogens is 1. The Bertz CT molecular complexity index is 538. The summed E-state index contributed by atoms with van der Waals surface area (Å²) in [6.45, 7) is 1.80. The molecule has 0 aliphatic carbocycles. The van der Waals surface area contributed by atoms with Gasteiger partial charge in [0.2, 0.25) is 0 Å². The number of hydrogen-bond donors (Lipinski definition) is 1. The molecule has 0 radical (unpaired) electrons. The lowest BCUT2D eigenvalue weighted by molar-refractivity contribution is 0.0565. The van der Waals surface area contributed by atoms with Crippen molar-refractivity contribution in [1.82, 2.24) is 4.98 Å². The summed E-state index contributed by atoms with van der Waals surface area (Å²) in [4.78, 5) is 4.29. The molecule has 1 atom stereocenters. The molecule has 2 nitrogen and oxygen atoms in total. The van der Waals surface area contributed by atoms with E-state index in [1.54, 1.807) is 13.1 Å². The molecule has 0 fully saturated rings. The molecule has 1 aromatic heterocycles. The van der Waals surface area contributed by atoms with Gasteiger partial charge in [0, 0.05) is 27.3 Å². The van der Waals surface area contributed by atoms with Gasteiger partial charge in [-0.25, -0.2) is 0 Å². The molecule has 18 heavy (non-hydrogen) atoms. The number of hydrogen-bond acceptors (Lipinski definition) is 2. The van der Waals surface area contributed by atoms with Crippen molar-refractivity contribution in [3.8, 4) is 0 Å². The van der Waals surface area contributed by atoms with Crippen molar-refractivity contribution in [3.05, 3.63) is 62.8 Å². The predicted molar refractivity (Wildman–Crippen MR) is 79.4 cm³/mol. The third-order valence-corrected chi connectivity index (χ3v) is 3.72. The zero-order chi connectivity index (χ0) is 13.2. The first-order valence-electron chi connectivity index (χ1n) is 5.56. The van der Waals surface area contributed by atoms with Crippen molar-refractivity contribution < 1.29 is 5.11 Å². The fourth-order valence-electron chi connectivity index (χ4n) is 1.79. The molecule has 0 saturated carbocycles. The van der Waals surface area contributed by atoms with Crippen molar-refractivity contribution >= 4 is 31.9 Å². The fourth-order valence-corrected chi connectivity index (χ4v) is 2.42. The number of halogens is 2. The summed E-state index contributed by atoms with van der Waals surface area (Å²) in [6.07, 6.45) is 2.23. The average molecular weight is 371 g/mol. The summed E-state index contributed by atoms with van der Waals surface area (Å²) < 4.78 is 1.90. The molecule has 2 rings (SSSR count). The third-order valence-electron chi connectivity index (χ3n) is 2.76. The number of pyridine rings is 1. The molecule has 4 heteroatoms. The van der Waals surface area contributed by atoms with Gasteiger partial charge in [0.1, 0.15) is 0 Å². The van der Waals surface area contributed by atoms with Crippen LogP contribution in [0.25, 0.3) is 0 Å². The van der Waals surface area contributed by atoms with Gasteiger partial charge in [-0.2, -0.15) is 0 Å². The average Bonchev–Trinajstić information content (AvgIpc) is 2.32. The van der Waals surface area contributed by atoms with Crippen LogP contribution in [0.2, 0.25) is 0 Å². The Morgan fingerprint density at radius 3 is 2.56 bits per heavy atom. The molecule has 1 heterocycles. The van der Waals surface area contributed by atoms with E-state index in [0.717, 1.165) is 20.2 Å². The molecule has 2 aromatic rings. The minimum absolute atomic E-state index is 0.483. The first-order chi connectivity index (χ1) is 8.47. The topological polar surface area (TPSA) is 33.1 Å². The van der Waals surface area contributed by atoms with Gasteiger partial charge < -0.3 is 5.11 Å². The van der Waals surface area contributed by atoms with Gasteiger partial charge >= 0.3 is 0 Å². The van der Waals surface area contributed by atoms with E-state index in [1.165, 1.54) is 0 Å². The maximum atomic E-state index is 10.6. The minimum Gasteiger partial charge on any atom is -0.385 e. The van der Waals surface area contributed by atoms with E-state index in [-0.39, 0.29) is 0 Å². The first kappa shape index (κ1) is 13.7. The normalized spacial score (nSPS) is 14.2. The molecule has 0 aliphatic heterocycles. The summed E-state index contributed by atoms with van der Waals surface area (Å²) in [6, 6.07) is 11.6. The van der Waals surface area contributed by atoms with E-state index >= 15 is 0 Å². The molecular formula is C14H13Br2NO. The maximum absolute atomic E-state index is 10.6. The van der Waals surface area contributed by atoms with Crippen LogP contribution in [0.15, 0.2) is 51.5 Å². The monoisotopic (exact) mass is 369 g/mol. The highest BCUT2D eigenvalue weighted by Gasteiger charge is 2.24. The van der Waals surface area contributed by atoms with E-state index in [1.807, 2.05) is 36.4 Å². The highest BCUT2D eigenvalue weighted by Crippen LogP contribution is 2.27. The Labute approximate surface area is 123 Å². The van der Waals surface area contributed by atoms with Gasteiger partial charge in [0.05, 0.1) is 5.60 Å². The van der Waals surface area contributed by atoms with E-state index < -0.39 is 5.60 Å². The molecule has 0 spiro atoms. The van der Waals surface area contributed by atoms with Gasteiger partial charge in [-0.05, 0) is 52.7 Å². The standard InChI is InChI=1S/C14H13Br2NO/c1-14(18,10-3-2-4-11(15)7-10)8-13-6-5-12(16)9-17-13/h2-7,9,18H,8H2,1H3. The second-order valence-corrected chi connectivity index (χ2v) is 6.26. The maximum Gasteiger partial charge on any atom is 0.0924 e. The summed E-state index contributed by atoms with van der Waals surface area (Å²) >= 11 is 6.76. The van der Waals surface area contributed by atoms with Crippen molar-refractivity contribution in [2.75, 3.05) is 0 Å². The zero-order valence-corrected chi connectivity index (χ0v) is 13.1. The van der Waals surface area contributed by atoms with E-state index in [9.17, 15) is 5.11 Å². The second-order valence-electron chi connectivity index (χ2n) is 4.43. The Kier molecular flexibility index (Phi) is 4.20. The molecule has 94 valence electrons. The van der Waals surface area contributed by atoms with Crippen LogP contribution in [-0.4, -0.2) is 10.1 Å². The van der Waals surface area contributed by atoms with Crippen molar-refractivity contribution in [1.29, 1.82) is 0 Å². The van der Waals surface area contributed by atoms with Crippen LogP contribution >= 0.6 is 31.9 Å². The van der Waals surface area contributed by atoms with E-state index in [4.69, 9.17) is 0 Å². The minimum atomic E-state index is -0.926. The summed E-state index contributed by atoms with van der Waals surface area (Å²) in [5.74, 6) is 0. The molecule has 1 unspecified atom stereocenters. The SMILES string of the molecule is CC(O)(Cc1ccc(Br)cn1)c1cccc(Br)c1. The molecule has 0 bridgehead atoms. The lowest BCUT2D eigenvalue weighted by Crippen LogP contribution is -2.24. The van der Waals surface area contributed by atoms with E-state index in [2.05, 4.69) is 36.8 Å². The van der Waals surface area contributed by atoms with Crippen LogP contribution in [0.5, 0.6) is 0 Å². The summed E-state index contributed by atoms with van der Waals surface area (Å²) in [5, 5.41) is 10.6. The lowest BCUT2D eigenvalue weighted by atomic mass is 9.91. The number of rotatable bonds is 3. The van der Waals surface area contributed by atoms with Crippen molar-refractivity contribution in [2.24, 2.45) is 0 Å². The van der Waals surface area contributed by atoms with Gasteiger partial charge in [-0.15, -0.1) is 0 Å². The van der Waals surface area contributed by atoms with Gasteiger partial charge in [-0.3, -0.25) is 4.98 Å². The molecule has 0 amide bonds. The second kappa shape index (κ2) is 5.51. The van der Waals surface area contributed by atoms with Crippen LogP contribution in [-0.2, 0) is 12.0 Å². The predicted octanol–water partition coefficient (Wildman–Crippen LogP) is 4.06. The quantitative estimate of drug-likeness (QED) is 0.883. The molecule has 1 aromatic carbocycles. The Morgan fingerprint density at radius 2 is 1.94 bits per heavy atom. The van der Waals surface area contributed by atoms with Crippen molar-refractivity contribution in [2.45, 2.75) is 18.9 Å². The molecule has 0 aliphatic rings. The summed E-state index contributed by atoms with van der Waals surface area (Å²) in [5.41, 5.74) is 0.815. The van der Waals surface area contributed by atoms with Gasteiger partial charge in [-0.1, -0.05) is 28.1 Å². The van der Waals surface area contributed by atoms with E-state index in [0.29, 0.717) is 6.42 Å². The molecular weight excluding hydrogens is 358 g/mol. The number of nitrogens with zero attached hydrogens (tertiary/aromatic N) is 1. The van der Waals surface area contributed by atoms with Crippen LogP contribution in [0.3, 0.4) is 0 Å².